The van der Waals surface area contributed by atoms with Crippen LogP contribution in [0.25, 0.3) is 0 Å². The summed E-state index contributed by atoms with van der Waals surface area (Å²) in [4.78, 5) is 26.0. The number of hydrogen-bond acceptors (Lipinski definition) is 3. The molecular formula is C20H26N2O4. The summed E-state index contributed by atoms with van der Waals surface area (Å²) in [5, 5.41) is 12.5. The van der Waals surface area contributed by atoms with Crippen molar-refractivity contribution in [3.05, 3.63) is 24.3 Å². The van der Waals surface area contributed by atoms with E-state index in [1.807, 2.05) is 24.3 Å². The molecular weight excluding hydrogens is 332 g/mol. The molecule has 1 aliphatic heterocycles. The monoisotopic (exact) mass is 358 g/mol. The van der Waals surface area contributed by atoms with Gasteiger partial charge in [-0.05, 0) is 68.7 Å². The topological polar surface area (TPSA) is 78.9 Å². The van der Waals surface area contributed by atoms with Crippen LogP contribution >= 0.6 is 0 Å². The Hall–Kier alpha value is -2.24. The van der Waals surface area contributed by atoms with Crippen LogP contribution in [0.3, 0.4) is 0 Å². The third-order valence-electron chi connectivity index (χ3n) is 6.29. The molecule has 2 aliphatic carbocycles. The third kappa shape index (κ3) is 3.13. The Morgan fingerprint density at radius 3 is 2.50 bits per heavy atom. The Bertz CT molecular complexity index is 684. The molecule has 3 fully saturated rings. The molecule has 0 aromatic heterocycles. The molecule has 0 radical (unpaired) electrons. The minimum Gasteiger partial charge on any atom is -0.490 e. The van der Waals surface area contributed by atoms with Crippen LogP contribution in [0, 0.1) is 11.3 Å². The number of nitrogens with zero attached hydrogens (tertiary/aromatic N) is 1. The lowest BCUT2D eigenvalue weighted by atomic mass is 9.81. The minimum atomic E-state index is -0.760. The molecule has 0 spiro atoms. The Kier molecular flexibility index (Phi) is 4.51. The largest absolute Gasteiger partial charge is 0.490 e. The summed E-state index contributed by atoms with van der Waals surface area (Å²) in [7, 11) is 0. The summed E-state index contributed by atoms with van der Waals surface area (Å²) >= 11 is 0. The quantitative estimate of drug-likeness (QED) is 0.860. The molecule has 1 heterocycles. The van der Waals surface area contributed by atoms with E-state index in [1.165, 1.54) is 12.8 Å². The first kappa shape index (κ1) is 17.2. The second kappa shape index (κ2) is 6.82. The molecule has 1 aromatic rings. The molecule has 2 amide bonds. The Morgan fingerprint density at radius 1 is 1.12 bits per heavy atom. The van der Waals surface area contributed by atoms with Crippen molar-refractivity contribution in [2.24, 2.45) is 11.3 Å². The van der Waals surface area contributed by atoms with E-state index >= 15 is 0 Å². The maximum atomic E-state index is 12.6. The first-order valence-corrected chi connectivity index (χ1v) is 9.63. The summed E-state index contributed by atoms with van der Waals surface area (Å²) in [6.45, 7) is 0.836. The number of carboxylic acids is 1. The summed E-state index contributed by atoms with van der Waals surface area (Å²) in [5.41, 5.74) is -0.0359. The van der Waals surface area contributed by atoms with Gasteiger partial charge >= 0.3 is 12.0 Å². The molecule has 2 N–H and O–H groups in total. The summed E-state index contributed by atoms with van der Waals surface area (Å²) in [5.74, 6) is 0.145. The highest BCUT2D eigenvalue weighted by Crippen LogP contribution is 2.48. The van der Waals surface area contributed by atoms with Gasteiger partial charge in [0.25, 0.3) is 0 Å². The highest BCUT2D eigenvalue weighted by atomic mass is 16.5. The van der Waals surface area contributed by atoms with Gasteiger partial charge in [0.05, 0.1) is 11.5 Å². The number of nitrogens with one attached hydrogen (secondary N) is 1. The van der Waals surface area contributed by atoms with Gasteiger partial charge in [-0.1, -0.05) is 6.42 Å². The molecule has 3 aliphatic rings. The predicted molar refractivity (Wildman–Crippen MR) is 97.3 cm³/mol. The zero-order valence-corrected chi connectivity index (χ0v) is 14.9. The van der Waals surface area contributed by atoms with Crippen molar-refractivity contribution in [3.8, 4) is 5.75 Å². The number of benzene rings is 1. The average molecular weight is 358 g/mol. The number of amides is 2. The fourth-order valence-electron chi connectivity index (χ4n) is 4.81. The van der Waals surface area contributed by atoms with Crippen LogP contribution in [0.1, 0.15) is 44.9 Å². The van der Waals surface area contributed by atoms with Gasteiger partial charge in [-0.25, -0.2) is 4.79 Å². The van der Waals surface area contributed by atoms with Crippen LogP contribution < -0.4 is 10.1 Å². The summed E-state index contributed by atoms with van der Waals surface area (Å²) in [6.07, 6.45) is 7.50. The standard InChI is InChI=1S/C20H26N2O4/c23-18(24)20-11-3-4-14(20)12-22(13-20)19(25)21-15-7-9-17(10-8-15)26-16-5-1-2-6-16/h7-10,14,16H,1-6,11-13H2,(H,21,25)(H,23,24)/t14-,20+/m0/s1. The van der Waals surface area contributed by atoms with Gasteiger partial charge in [-0.3, -0.25) is 4.79 Å². The van der Waals surface area contributed by atoms with Crippen molar-refractivity contribution in [2.45, 2.75) is 51.0 Å². The van der Waals surface area contributed by atoms with Gasteiger partial charge in [0, 0.05) is 18.8 Å². The number of carboxylic acid groups (broad SMARTS) is 1. The first-order chi connectivity index (χ1) is 12.6. The summed E-state index contributed by atoms with van der Waals surface area (Å²) in [6, 6.07) is 7.22. The van der Waals surface area contributed by atoms with Crippen LogP contribution in [0.2, 0.25) is 0 Å². The highest BCUT2D eigenvalue weighted by molar-refractivity contribution is 5.90. The van der Waals surface area contributed by atoms with E-state index in [0.29, 0.717) is 31.3 Å². The number of carbonyl (C=O) groups excluding carboxylic acids is 1. The van der Waals surface area contributed by atoms with Crippen molar-refractivity contribution in [1.29, 1.82) is 0 Å². The van der Waals surface area contributed by atoms with Gasteiger partial charge in [0.1, 0.15) is 5.75 Å². The maximum Gasteiger partial charge on any atom is 0.321 e. The number of ether oxygens (including phenoxy) is 1. The third-order valence-corrected chi connectivity index (χ3v) is 6.29. The van der Waals surface area contributed by atoms with E-state index < -0.39 is 11.4 Å². The van der Waals surface area contributed by atoms with Gasteiger partial charge in [-0.15, -0.1) is 0 Å². The van der Waals surface area contributed by atoms with Crippen molar-refractivity contribution in [1.82, 2.24) is 4.90 Å². The van der Waals surface area contributed by atoms with Gasteiger partial charge in [0.15, 0.2) is 0 Å². The fraction of sp³-hybridized carbons (Fsp3) is 0.600. The van der Waals surface area contributed by atoms with Crippen molar-refractivity contribution >= 4 is 17.7 Å². The lowest BCUT2D eigenvalue weighted by Gasteiger charge is -2.23. The second-order valence-corrected chi connectivity index (χ2v) is 7.91. The predicted octanol–water partition coefficient (Wildman–Crippen LogP) is 3.73. The van der Waals surface area contributed by atoms with Crippen LogP contribution in [0.4, 0.5) is 10.5 Å². The van der Waals surface area contributed by atoms with E-state index in [2.05, 4.69) is 5.32 Å². The van der Waals surface area contributed by atoms with Crippen molar-refractivity contribution in [3.63, 3.8) is 0 Å². The normalized spacial score (nSPS) is 28.2. The molecule has 2 atom stereocenters. The molecule has 6 nitrogen and oxygen atoms in total. The SMILES string of the molecule is O=C(Nc1ccc(OC2CCCC2)cc1)N1C[C@@H]2CCC[C@@]2(C(=O)O)C1. The Balaban J connectivity index is 1.35. The van der Waals surface area contributed by atoms with Crippen LogP contribution in [-0.2, 0) is 4.79 Å². The van der Waals surface area contributed by atoms with E-state index in [-0.39, 0.29) is 11.9 Å². The molecule has 0 bridgehead atoms. The fourth-order valence-corrected chi connectivity index (χ4v) is 4.81. The lowest BCUT2D eigenvalue weighted by Crippen LogP contribution is -2.38. The van der Waals surface area contributed by atoms with Crippen LogP contribution in [-0.4, -0.2) is 41.2 Å². The summed E-state index contributed by atoms with van der Waals surface area (Å²) < 4.78 is 5.94. The zero-order valence-electron chi connectivity index (χ0n) is 14.9. The van der Waals surface area contributed by atoms with Crippen molar-refractivity contribution < 1.29 is 19.4 Å². The molecule has 0 unspecified atom stereocenters. The average Bonchev–Trinajstić information content (AvgIpc) is 3.32. The van der Waals surface area contributed by atoms with E-state index in [4.69, 9.17) is 4.74 Å². The van der Waals surface area contributed by atoms with E-state index in [9.17, 15) is 14.7 Å². The number of anilines is 1. The number of urea groups is 1. The smallest absolute Gasteiger partial charge is 0.321 e. The molecule has 4 rings (SSSR count). The molecule has 1 aromatic carbocycles. The Labute approximate surface area is 153 Å². The molecule has 1 saturated heterocycles. The van der Waals surface area contributed by atoms with Crippen molar-refractivity contribution in [2.75, 3.05) is 18.4 Å². The molecule has 6 heteroatoms. The lowest BCUT2D eigenvalue weighted by molar-refractivity contribution is -0.149. The van der Waals surface area contributed by atoms with E-state index in [0.717, 1.165) is 31.4 Å². The Morgan fingerprint density at radius 2 is 1.85 bits per heavy atom. The van der Waals surface area contributed by atoms with Crippen LogP contribution in [0.5, 0.6) is 5.75 Å². The van der Waals surface area contributed by atoms with Gasteiger partial charge in [-0.2, -0.15) is 0 Å². The number of fused-ring (bicyclic) bond motifs is 1. The molecule has 140 valence electrons. The number of hydrogen-bond donors (Lipinski definition) is 2. The number of carbonyl (C=O) groups is 2. The number of likely N-dealkylation sites (tertiary alicyclic amines) is 1. The molecule has 26 heavy (non-hydrogen) atoms. The number of rotatable bonds is 4. The maximum absolute atomic E-state index is 12.6. The zero-order chi connectivity index (χ0) is 18.1. The highest BCUT2D eigenvalue weighted by Gasteiger charge is 2.55. The van der Waals surface area contributed by atoms with Gasteiger partial charge < -0.3 is 20.1 Å². The van der Waals surface area contributed by atoms with Crippen LogP contribution in [0.15, 0.2) is 24.3 Å². The first-order valence-electron chi connectivity index (χ1n) is 9.63. The van der Waals surface area contributed by atoms with E-state index in [1.54, 1.807) is 4.90 Å². The second-order valence-electron chi connectivity index (χ2n) is 7.91. The molecule has 2 saturated carbocycles. The van der Waals surface area contributed by atoms with Gasteiger partial charge in [0.2, 0.25) is 0 Å². The minimum absolute atomic E-state index is 0.0768. The number of aliphatic carboxylic acids is 1.